The molecular weight excluding hydrogens is 891 g/mol. The number of carbonyl (C=O) groups is 2. The standard InChI is InChI=1S/C29H42N4O.C29H41N3O3S/c1-5-10-24(4)32-18-15-28(16-19-32)33(29(34)31-27-14-9-11-23(3)20-27)22-26-13-8-7-12-25(26)21-30-17-6-2;1-5-9-24(4)31-17-14-28(15-18-31)32(29(33)30-27-13-7-10-23(3)20-27)22-26-12-8-11-25(21-26)16-19-36(34,35)6-2/h6-9,11-14,20,24,28,30H,2,5,10,15-19,21-22H2,1,3-4H3,(H,31,34);6-8,10-13,20-21,24,28H,2,5,9,14-19,22H2,1,3-4H3,(H,30,33). The topological polar surface area (TPSA) is 117 Å². The van der Waals surface area contributed by atoms with Gasteiger partial charge in [-0.1, -0.05) is 112 Å². The minimum absolute atomic E-state index is 0.0143. The van der Waals surface area contributed by atoms with Crippen molar-refractivity contribution in [1.29, 1.82) is 0 Å². The minimum Gasteiger partial charge on any atom is -0.317 e. The summed E-state index contributed by atoms with van der Waals surface area (Å²) in [5.74, 6) is 0.0336. The lowest BCUT2D eigenvalue weighted by Crippen LogP contribution is -2.50. The van der Waals surface area contributed by atoms with Crippen LogP contribution in [-0.2, 0) is 35.9 Å². The van der Waals surface area contributed by atoms with Gasteiger partial charge < -0.3 is 35.6 Å². The molecule has 2 fully saturated rings. The second kappa shape index (κ2) is 28.5. The third-order valence-corrected chi connectivity index (χ3v) is 15.2. The summed E-state index contributed by atoms with van der Waals surface area (Å²) in [5, 5.41) is 10.7. The van der Waals surface area contributed by atoms with Crippen LogP contribution in [0.4, 0.5) is 21.0 Å². The van der Waals surface area contributed by atoms with E-state index in [1.165, 1.54) is 36.8 Å². The zero-order valence-corrected chi connectivity index (χ0v) is 44.0. The van der Waals surface area contributed by atoms with Crippen molar-refractivity contribution in [2.75, 3.05) is 49.1 Å². The third kappa shape index (κ3) is 17.8. The average molecular weight is 974 g/mol. The van der Waals surface area contributed by atoms with Crippen molar-refractivity contribution in [2.24, 2.45) is 0 Å². The maximum atomic E-state index is 13.6. The second-order valence-corrected chi connectivity index (χ2v) is 21.5. The van der Waals surface area contributed by atoms with Crippen LogP contribution in [0.5, 0.6) is 0 Å². The summed E-state index contributed by atoms with van der Waals surface area (Å²) in [6, 6.07) is 33.7. The normalized spacial score (nSPS) is 15.7. The summed E-state index contributed by atoms with van der Waals surface area (Å²) in [7, 11) is -3.25. The largest absolute Gasteiger partial charge is 0.322 e. The number of nitrogens with one attached hydrogen (secondary N) is 3. The van der Waals surface area contributed by atoms with Crippen molar-refractivity contribution < 1.29 is 18.0 Å². The lowest BCUT2D eigenvalue weighted by Gasteiger charge is -2.41. The van der Waals surface area contributed by atoms with E-state index in [1.54, 1.807) is 0 Å². The van der Waals surface area contributed by atoms with Crippen LogP contribution in [0, 0.1) is 13.8 Å². The van der Waals surface area contributed by atoms with Gasteiger partial charge in [-0.25, -0.2) is 18.0 Å². The molecule has 2 atom stereocenters. The number of benzene rings is 4. The number of piperidine rings is 2. The SMILES string of the molecule is C=CCNCc1ccccc1CN(C(=O)Nc1cccc(C)c1)C1CCN(C(C)CCC)CC1.C=CS(=O)(=O)CCc1cccc(CN(C(=O)Nc2cccc(C)c2)C2CCN(C(C)CCC)CC2)c1. The van der Waals surface area contributed by atoms with Crippen LogP contribution in [0.2, 0.25) is 0 Å². The van der Waals surface area contributed by atoms with Crippen molar-refractivity contribution in [3.63, 3.8) is 0 Å². The van der Waals surface area contributed by atoms with E-state index in [0.29, 0.717) is 31.6 Å². The molecule has 3 N–H and O–H groups in total. The van der Waals surface area contributed by atoms with E-state index < -0.39 is 9.84 Å². The summed E-state index contributed by atoms with van der Waals surface area (Å²) >= 11 is 0. The molecule has 70 heavy (non-hydrogen) atoms. The zero-order valence-electron chi connectivity index (χ0n) is 43.2. The van der Waals surface area contributed by atoms with Crippen LogP contribution in [-0.4, -0.2) is 103 Å². The second-order valence-electron chi connectivity index (χ2n) is 19.5. The molecule has 11 nitrogen and oxygen atoms in total. The maximum Gasteiger partial charge on any atom is 0.322 e. The monoisotopic (exact) mass is 974 g/mol. The van der Waals surface area contributed by atoms with E-state index >= 15 is 0 Å². The first kappa shape index (κ1) is 55.7. The number of anilines is 2. The number of amides is 4. The van der Waals surface area contributed by atoms with E-state index in [2.05, 4.69) is 95.8 Å². The highest BCUT2D eigenvalue weighted by Crippen LogP contribution is 2.26. The van der Waals surface area contributed by atoms with E-state index in [4.69, 9.17) is 0 Å². The molecule has 2 aliphatic rings. The molecule has 0 bridgehead atoms. The molecule has 2 aliphatic heterocycles. The minimum atomic E-state index is -3.25. The molecule has 2 unspecified atom stereocenters. The molecule has 380 valence electrons. The highest BCUT2D eigenvalue weighted by molar-refractivity contribution is 7.94. The van der Waals surface area contributed by atoms with Crippen LogP contribution < -0.4 is 16.0 Å². The lowest BCUT2D eigenvalue weighted by atomic mass is 9.99. The van der Waals surface area contributed by atoms with Crippen LogP contribution in [0.3, 0.4) is 0 Å². The summed E-state index contributed by atoms with van der Waals surface area (Å²) in [6.07, 6.45) is 11.0. The van der Waals surface area contributed by atoms with Gasteiger partial charge in [0.25, 0.3) is 0 Å². The predicted molar refractivity (Wildman–Crippen MR) is 292 cm³/mol. The molecule has 0 aromatic heterocycles. The van der Waals surface area contributed by atoms with Crippen LogP contribution in [0.25, 0.3) is 0 Å². The third-order valence-electron chi connectivity index (χ3n) is 13.9. The molecule has 0 aliphatic carbocycles. The summed E-state index contributed by atoms with van der Waals surface area (Å²) < 4.78 is 23.7. The molecule has 2 saturated heterocycles. The molecule has 0 radical (unpaired) electrons. The first-order chi connectivity index (χ1) is 33.7. The van der Waals surface area contributed by atoms with E-state index in [1.807, 2.05) is 97.6 Å². The Hall–Kier alpha value is -5.27. The Morgan fingerprint density at radius 2 is 1.16 bits per heavy atom. The van der Waals surface area contributed by atoms with Crippen molar-refractivity contribution in [2.45, 2.75) is 143 Å². The summed E-state index contributed by atoms with van der Waals surface area (Å²) in [6.45, 7) is 27.0. The molecular formula is C58H83N7O4S. The quantitative estimate of drug-likeness (QED) is 0.0530. The Balaban J connectivity index is 0.000000261. The van der Waals surface area contributed by atoms with Crippen molar-refractivity contribution >= 4 is 33.3 Å². The van der Waals surface area contributed by atoms with Gasteiger partial charge in [-0.3, -0.25) is 0 Å². The molecule has 6 rings (SSSR count). The van der Waals surface area contributed by atoms with Gasteiger partial charge in [0.15, 0.2) is 9.84 Å². The van der Waals surface area contributed by atoms with Gasteiger partial charge in [0.2, 0.25) is 0 Å². The Morgan fingerprint density at radius 3 is 1.64 bits per heavy atom. The molecule has 2 heterocycles. The number of hydrogen-bond acceptors (Lipinski definition) is 7. The fourth-order valence-electron chi connectivity index (χ4n) is 9.85. The predicted octanol–water partition coefficient (Wildman–Crippen LogP) is 11.7. The van der Waals surface area contributed by atoms with E-state index in [-0.39, 0.29) is 29.9 Å². The van der Waals surface area contributed by atoms with Gasteiger partial charge >= 0.3 is 12.1 Å². The van der Waals surface area contributed by atoms with Gasteiger partial charge in [-0.2, -0.15) is 0 Å². The lowest BCUT2D eigenvalue weighted by molar-refractivity contribution is 0.0986. The number of nitrogens with zero attached hydrogens (tertiary/aromatic N) is 4. The first-order valence-electron chi connectivity index (χ1n) is 25.8. The van der Waals surface area contributed by atoms with Crippen LogP contribution >= 0.6 is 0 Å². The highest BCUT2D eigenvalue weighted by Gasteiger charge is 2.32. The molecule has 4 amide bonds. The average Bonchev–Trinajstić information content (AvgIpc) is 3.35. The van der Waals surface area contributed by atoms with Gasteiger partial charge in [-0.05, 0) is 130 Å². The number of rotatable bonds is 22. The summed E-state index contributed by atoms with van der Waals surface area (Å²) in [5.41, 5.74) is 8.25. The highest BCUT2D eigenvalue weighted by atomic mass is 32.2. The van der Waals surface area contributed by atoms with E-state index in [0.717, 1.165) is 104 Å². The van der Waals surface area contributed by atoms with Crippen molar-refractivity contribution in [3.8, 4) is 0 Å². The molecule has 4 aromatic carbocycles. The first-order valence-corrected chi connectivity index (χ1v) is 27.5. The zero-order chi connectivity index (χ0) is 50.5. The number of carbonyl (C=O) groups excluding carboxylic acids is 2. The summed E-state index contributed by atoms with van der Waals surface area (Å²) in [4.78, 5) is 36.3. The molecule has 4 aromatic rings. The fourth-order valence-corrected chi connectivity index (χ4v) is 10.5. The molecule has 0 spiro atoms. The fraction of sp³-hybridized carbons (Fsp3) is 0.483. The van der Waals surface area contributed by atoms with E-state index in [9.17, 15) is 18.0 Å². The van der Waals surface area contributed by atoms with Crippen molar-refractivity contribution in [1.82, 2.24) is 24.9 Å². The van der Waals surface area contributed by atoms with Gasteiger partial charge in [0.05, 0.1) is 5.75 Å². The van der Waals surface area contributed by atoms with Crippen molar-refractivity contribution in [3.05, 3.63) is 155 Å². The Labute approximate surface area is 421 Å². The number of hydrogen-bond donors (Lipinski definition) is 3. The van der Waals surface area contributed by atoms with Gasteiger partial charge in [0, 0.05) is 93.3 Å². The molecule has 12 heteroatoms. The number of sulfone groups is 1. The van der Waals surface area contributed by atoms with Crippen LogP contribution in [0.15, 0.2) is 122 Å². The molecule has 0 saturated carbocycles. The Kier molecular flexibility index (Phi) is 22.7. The van der Waals surface area contributed by atoms with Crippen LogP contribution in [0.1, 0.15) is 112 Å². The number of likely N-dealkylation sites (tertiary alicyclic amines) is 2. The Morgan fingerprint density at radius 1 is 0.671 bits per heavy atom. The Bertz CT molecular complexity index is 2370. The number of aryl methyl sites for hydroxylation is 3. The van der Waals surface area contributed by atoms with Gasteiger partial charge in [0.1, 0.15) is 0 Å². The maximum absolute atomic E-state index is 13.6. The number of urea groups is 2. The van der Waals surface area contributed by atoms with Gasteiger partial charge in [-0.15, -0.1) is 6.58 Å². The smallest absolute Gasteiger partial charge is 0.317 e.